The van der Waals surface area contributed by atoms with Gasteiger partial charge in [-0.2, -0.15) is 0 Å². The Labute approximate surface area is 338 Å². The van der Waals surface area contributed by atoms with Crippen LogP contribution in [0.5, 0.6) is 0 Å². The maximum Gasteiger partial charge on any atom is 0.143 e. The number of hydrogen-bond donors (Lipinski definition) is 0. The number of furan rings is 2. The minimum absolute atomic E-state index is 0.860. The zero-order chi connectivity index (χ0) is 38.8. The zero-order valence-electron chi connectivity index (χ0n) is 32.0. The molecule has 3 heteroatoms. The number of para-hydroxylation sites is 3. The van der Waals surface area contributed by atoms with E-state index in [1.165, 1.54) is 22.3 Å². The van der Waals surface area contributed by atoms with E-state index in [0.717, 1.165) is 78.0 Å². The Morgan fingerprint density at radius 3 is 1.52 bits per heavy atom. The third-order valence-corrected chi connectivity index (χ3v) is 10.9. The van der Waals surface area contributed by atoms with E-state index in [9.17, 15) is 0 Å². The first-order valence-electron chi connectivity index (χ1n) is 19.7. The first-order valence-corrected chi connectivity index (χ1v) is 19.7. The van der Waals surface area contributed by atoms with Crippen molar-refractivity contribution in [3.63, 3.8) is 0 Å². The van der Waals surface area contributed by atoms with Crippen molar-refractivity contribution in [1.82, 2.24) is 0 Å². The molecule has 0 saturated carbocycles. The lowest BCUT2D eigenvalue weighted by Crippen LogP contribution is -2.09. The van der Waals surface area contributed by atoms with Crippen molar-refractivity contribution in [3.8, 4) is 33.4 Å². The van der Waals surface area contributed by atoms with E-state index in [0.29, 0.717) is 0 Å². The first kappa shape index (κ1) is 34.8. The van der Waals surface area contributed by atoms with Gasteiger partial charge in [-0.25, -0.2) is 0 Å². The van der Waals surface area contributed by atoms with Crippen molar-refractivity contribution in [2.45, 2.75) is 6.92 Å². The Kier molecular flexibility index (Phi) is 9.09. The molecule has 0 saturated heterocycles. The molecule has 10 rings (SSSR count). The lowest BCUT2D eigenvalue weighted by atomic mass is 10.00. The molecule has 0 bridgehead atoms. The van der Waals surface area contributed by atoms with E-state index in [4.69, 9.17) is 8.83 Å². The predicted octanol–water partition coefficient (Wildman–Crippen LogP) is 16.0. The van der Waals surface area contributed by atoms with Crippen LogP contribution in [0.4, 0.5) is 17.1 Å². The summed E-state index contributed by atoms with van der Waals surface area (Å²) in [5.74, 6) is 0.860. The number of nitrogens with zero attached hydrogens (tertiary/aromatic N) is 1. The lowest BCUT2D eigenvalue weighted by molar-refractivity contribution is 0.603. The molecule has 0 N–H and O–H groups in total. The van der Waals surface area contributed by atoms with Crippen molar-refractivity contribution in [2.24, 2.45) is 0 Å². The van der Waals surface area contributed by atoms with Crippen LogP contribution in [0.1, 0.15) is 23.8 Å². The number of hydrogen-bond acceptors (Lipinski definition) is 3. The predicted molar refractivity (Wildman–Crippen MR) is 245 cm³/mol. The average molecular weight is 746 g/mol. The van der Waals surface area contributed by atoms with Crippen LogP contribution in [0.2, 0.25) is 0 Å². The second-order valence-corrected chi connectivity index (χ2v) is 14.5. The summed E-state index contributed by atoms with van der Waals surface area (Å²) in [4.78, 5) is 2.31. The molecule has 0 unspecified atom stereocenters. The molecule has 8 aromatic carbocycles. The maximum absolute atomic E-state index is 6.40. The standard InChI is InChI=1S/C55H39NO2/c1-2-11-52-50(48-14-6-8-18-53(48)57-52)37-22-38-20-31-44(32-21-38)56(45-33-27-42(28-34-45)41-25-23-40(24-26-41)39-12-4-3-5-13-39)46-35-29-43(30-36-46)47-16-10-17-51-49-15-7-9-19-54(49)58-55(47)51/h2-37H,1H3/b11-2-,37-22+. The number of rotatable bonds is 9. The second kappa shape index (κ2) is 15.1. The Bertz CT molecular complexity index is 3070. The minimum Gasteiger partial charge on any atom is -0.456 e. The molecule has 0 atom stereocenters. The summed E-state index contributed by atoms with van der Waals surface area (Å²) in [5.41, 5.74) is 15.0. The molecule has 0 aliphatic rings. The van der Waals surface area contributed by atoms with Crippen molar-refractivity contribution in [3.05, 3.63) is 217 Å². The first-order chi connectivity index (χ1) is 28.7. The second-order valence-electron chi connectivity index (χ2n) is 14.5. The third-order valence-electron chi connectivity index (χ3n) is 10.9. The molecule has 0 aliphatic carbocycles. The molecule has 2 heterocycles. The fourth-order valence-electron chi connectivity index (χ4n) is 7.95. The molecule has 0 fully saturated rings. The van der Waals surface area contributed by atoms with E-state index in [-0.39, 0.29) is 0 Å². The molecular weight excluding hydrogens is 707 g/mol. The zero-order valence-corrected chi connectivity index (χ0v) is 32.0. The minimum atomic E-state index is 0.860. The van der Waals surface area contributed by atoms with Crippen LogP contribution in [0.25, 0.3) is 84.5 Å². The van der Waals surface area contributed by atoms with Gasteiger partial charge in [0.15, 0.2) is 0 Å². The Morgan fingerprint density at radius 1 is 0.379 bits per heavy atom. The van der Waals surface area contributed by atoms with Crippen LogP contribution < -0.4 is 4.90 Å². The topological polar surface area (TPSA) is 29.5 Å². The van der Waals surface area contributed by atoms with Gasteiger partial charge in [-0.3, -0.25) is 0 Å². The van der Waals surface area contributed by atoms with Crippen LogP contribution in [0.15, 0.2) is 209 Å². The van der Waals surface area contributed by atoms with Crippen LogP contribution in [0, 0.1) is 0 Å². The van der Waals surface area contributed by atoms with Gasteiger partial charge in [0.2, 0.25) is 0 Å². The van der Waals surface area contributed by atoms with Gasteiger partial charge in [0.25, 0.3) is 0 Å². The van der Waals surface area contributed by atoms with E-state index < -0.39 is 0 Å². The number of benzene rings is 8. The van der Waals surface area contributed by atoms with Gasteiger partial charge in [0, 0.05) is 44.3 Å². The average Bonchev–Trinajstić information content (AvgIpc) is 3.85. The van der Waals surface area contributed by atoms with Crippen LogP contribution >= 0.6 is 0 Å². The van der Waals surface area contributed by atoms with Gasteiger partial charge in [0.1, 0.15) is 22.5 Å². The normalized spacial score (nSPS) is 11.7. The highest BCUT2D eigenvalue weighted by Crippen LogP contribution is 2.40. The molecule has 3 nitrogen and oxygen atoms in total. The number of anilines is 3. The molecule has 2 aromatic heterocycles. The molecule has 0 radical (unpaired) electrons. The highest BCUT2D eigenvalue weighted by Gasteiger charge is 2.16. The van der Waals surface area contributed by atoms with Crippen molar-refractivity contribution in [1.29, 1.82) is 0 Å². The monoisotopic (exact) mass is 745 g/mol. The van der Waals surface area contributed by atoms with E-state index >= 15 is 0 Å². The molecule has 0 spiro atoms. The SMILES string of the molecule is C/C=C\c1oc2ccccc2c1/C=C/c1ccc(N(c2ccc(-c3ccc(-c4ccccc4)cc3)cc2)c2ccc(-c3cccc4c3oc3ccccc34)cc2)cc1. The fraction of sp³-hybridized carbons (Fsp3) is 0.0182. The molecule has 10 aromatic rings. The van der Waals surface area contributed by atoms with Gasteiger partial charge in [-0.05, 0) is 101 Å². The molecule has 276 valence electrons. The van der Waals surface area contributed by atoms with Crippen LogP contribution in [-0.4, -0.2) is 0 Å². The van der Waals surface area contributed by atoms with Crippen LogP contribution in [0.3, 0.4) is 0 Å². The van der Waals surface area contributed by atoms with Gasteiger partial charge < -0.3 is 13.7 Å². The van der Waals surface area contributed by atoms with Gasteiger partial charge in [-0.1, -0.05) is 158 Å². The number of allylic oxidation sites excluding steroid dienone is 1. The summed E-state index contributed by atoms with van der Waals surface area (Å²) in [5, 5.41) is 3.36. The summed E-state index contributed by atoms with van der Waals surface area (Å²) in [6.07, 6.45) is 8.34. The summed E-state index contributed by atoms with van der Waals surface area (Å²) < 4.78 is 12.6. The van der Waals surface area contributed by atoms with E-state index in [1.807, 2.05) is 43.3 Å². The van der Waals surface area contributed by atoms with Crippen molar-refractivity contribution in [2.75, 3.05) is 4.90 Å². The Hall–Kier alpha value is -7.62. The third kappa shape index (κ3) is 6.59. The summed E-state index contributed by atoms with van der Waals surface area (Å²) in [7, 11) is 0. The molecule has 0 aliphatic heterocycles. The van der Waals surface area contributed by atoms with Gasteiger partial charge in [-0.15, -0.1) is 0 Å². The number of fused-ring (bicyclic) bond motifs is 4. The highest BCUT2D eigenvalue weighted by atomic mass is 16.3. The molecular formula is C55H39NO2. The van der Waals surface area contributed by atoms with E-state index in [1.54, 1.807) is 0 Å². The van der Waals surface area contributed by atoms with Gasteiger partial charge in [0.05, 0.1) is 0 Å². The van der Waals surface area contributed by atoms with Crippen molar-refractivity contribution < 1.29 is 8.83 Å². The maximum atomic E-state index is 6.40. The van der Waals surface area contributed by atoms with Crippen molar-refractivity contribution >= 4 is 68.2 Å². The quantitative estimate of drug-likeness (QED) is 0.147. The van der Waals surface area contributed by atoms with Crippen LogP contribution in [-0.2, 0) is 0 Å². The lowest BCUT2D eigenvalue weighted by Gasteiger charge is -2.26. The smallest absolute Gasteiger partial charge is 0.143 e. The summed E-state index contributed by atoms with van der Waals surface area (Å²) in [6.45, 7) is 2.01. The summed E-state index contributed by atoms with van der Waals surface area (Å²) >= 11 is 0. The van der Waals surface area contributed by atoms with E-state index in [2.05, 4.69) is 187 Å². The molecule has 58 heavy (non-hydrogen) atoms. The Balaban J connectivity index is 0.995. The molecule has 0 amide bonds. The largest absolute Gasteiger partial charge is 0.456 e. The summed E-state index contributed by atoms with van der Waals surface area (Å²) in [6, 6.07) is 68.5. The highest BCUT2D eigenvalue weighted by molar-refractivity contribution is 6.09. The van der Waals surface area contributed by atoms with Gasteiger partial charge >= 0.3 is 0 Å². The fourth-order valence-corrected chi connectivity index (χ4v) is 7.95. The Morgan fingerprint density at radius 2 is 0.879 bits per heavy atom.